The van der Waals surface area contributed by atoms with Gasteiger partial charge in [-0.05, 0) is 67.9 Å². The molecule has 9 nitrogen and oxygen atoms in total. The second kappa shape index (κ2) is 11.0. The summed E-state index contributed by atoms with van der Waals surface area (Å²) in [5, 5.41) is 12.5. The number of ether oxygens (including phenoxy) is 1. The minimum atomic E-state index is -0.865. The van der Waals surface area contributed by atoms with Crippen molar-refractivity contribution in [3.63, 3.8) is 0 Å². The molecule has 12 heteroatoms. The molecule has 0 radical (unpaired) electrons. The van der Waals surface area contributed by atoms with Crippen molar-refractivity contribution in [3.8, 4) is 0 Å². The molecule has 0 aliphatic carbocycles. The van der Waals surface area contributed by atoms with Gasteiger partial charge < -0.3 is 9.15 Å². The summed E-state index contributed by atoms with van der Waals surface area (Å²) in [4.78, 5) is 43.2. The molecule has 5 rings (SSSR count). The minimum Gasteiger partial charge on any atom is -0.463 e. The Hall–Kier alpha value is -3.93. The number of fused-ring (bicyclic) bond motifs is 1. The van der Waals surface area contributed by atoms with Crippen molar-refractivity contribution in [1.82, 2.24) is 4.57 Å². The fourth-order valence-corrected chi connectivity index (χ4v) is 6.03. The monoisotopic (exact) mass is 581 g/mol. The van der Waals surface area contributed by atoms with Crippen LogP contribution < -0.4 is 14.9 Å². The molecule has 0 spiro atoms. The summed E-state index contributed by atoms with van der Waals surface area (Å²) in [5.74, 6) is -0.128. The number of rotatable bonds is 7. The molecule has 4 aromatic rings. The molecule has 3 heterocycles. The van der Waals surface area contributed by atoms with E-state index < -0.39 is 16.9 Å². The van der Waals surface area contributed by atoms with Crippen LogP contribution in [0.1, 0.15) is 31.2 Å². The number of carbonyl (C=O) groups excluding carboxylic acids is 1. The Kier molecular flexibility index (Phi) is 7.56. The van der Waals surface area contributed by atoms with Gasteiger partial charge in [-0.3, -0.25) is 19.5 Å². The molecule has 198 valence electrons. The van der Waals surface area contributed by atoms with Crippen LogP contribution in [-0.4, -0.2) is 22.1 Å². The van der Waals surface area contributed by atoms with Crippen LogP contribution in [0.25, 0.3) is 6.08 Å². The first-order chi connectivity index (χ1) is 18.7. The van der Waals surface area contributed by atoms with E-state index in [4.69, 9.17) is 20.8 Å². The van der Waals surface area contributed by atoms with Crippen LogP contribution in [0, 0.1) is 10.1 Å². The molecule has 1 atom stereocenters. The van der Waals surface area contributed by atoms with Crippen molar-refractivity contribution in [1.29, 1.82) is 0 Å². The van der Waals surface area contributed by atoms with Crippen LogP contribution in [0.15, 0.2) is 96.1 Å². The largest absolute Gasteiger partial charge is 0.463 e. The highest BCUT2D eigenvalue weighted by Gasteiger charge is 2.33. The fraction of sp³-hybridized carbons (Fsp3) is 0.148. The normalized spacial score (nSPS) is 15.2. The average molecular weight is 582 g/mol. The lowest BCUT2D eigenvalue weighted by molar-refractivity contribution is -0.384. The summed E-state index contributed by atoms with van der Waals surface area (Å²) in [6.07, 6.45) is 1.63. The van der Waals surface area contributed by atoms with Crippen LogP contribution >= 0.6 is 34.7 Å². The number of nitro groups is 1. The topological polar surface area (TPSA) is 117 Å². The highest BCUT2D eigenvalue weighted by molar-refractivity contribution is 7.99. The van der Waals surface area contributed by atoms with E-state index in [1.54, 1.807) is 38.1 Å². The molecule has 39 heavy (non-hydrogen) atoms. The smallest absolute Gasteiger partial charge is 0.338 e. The van der Waals surface area contributed by atoms with Gasteiger partial charge in [-0.25, -0.2) is 9.79 Å². The van der Waals surface area contributed by atoms with E-state index in [1.807, 2.05) is 18.2 Å². The van der Waals surface area contributed by atoms with E-state index in [1.165, 1.54) is 40.6 Å². The number of hydrogen-bond acceptors (Lipinski definition) is 9. The third kappa shape index (κ3) is 5.47. The predicted octanol–water partition coefficient (Wildman–Crippen LogP) is 5.10. The maximum absolute atomic E-state index is 13.7. The highest BCUT2D eigenvalue weighted by Crippen LogP contribution is 2.32. The molecule has 0 saturated carbocycles. The van der Waals surface area contributed by atoms with Gasteiger partial charge in [0.05, 0.1) is 33.4 Å². The second-order valence-electron chi connectivity index (χ2n) is 8.36. The Morgan fingerprint density at radius 3 is 2.59 bits per heavy atom. The van der Waals surface area contributed by atoms with Crippen molar-refractivity contribution >= 4 is 52.4 Å². The summed E-state index contributed by atoms with van der Waals surface area (Å²) in [5.41, 5.74) is 0.646. The standard InChI is InChI=1S/C27H20ClN3O6S2/c1-3-36-26(33)23-15(2)29-27-30(24(23)16-4-8-18(9-5-16)31(34)35)25(32)21(39-27)14-19-10-13-22(37-19)38-20-11-6-17(28)7-12-20/h4-14,24H,3H2,1-2H3/b21-14+/t24-/m1/s1. The van der Waals surface area contributed by atoms with Crippen molar-refractivity contribution in [2.45, 2.75) is 29.9 Å². The number of furan rings is 1. The Labute approximate surface area is 234 Å². The Morgan fingerprint density at radius 1 is 1.21 bits per heavy atom. The number of non-ortho nitro benzene ring substituents is 1. The highest BCUT2D eigenvalue weighted by atomic mass is 35.5. The van der Waals surface area contributed by atoms with Crippen LogP contribution in [0.3, 0.4) is 0 Å². The fourth-order valence-electron chi connectivity index (χ4n) is 4.10. The first-order valence-corrected chi connectivity index (χ1v) is 13.7. The quantitative estimate of drug-likeness (QED) is 0.169. The molecule has 2 aromatic heterocycles. The number of benzene rings is 2. The number of esters is 1. The van der Waals surface area contributed by atoms with Crippen molar-refractivity contribution in [2.24, 2.45) is 4.99 Å². The summed E-state index contributed by atoms with van der Waals surface area (Å²) in [6.45, 7) is 3.50. The summed E-state index contributed by atoms with van der Waals surface area (Å²) in [7, 11) is 0. The van der Waals surface area contributed by atoms with Gasteiger partial charge in [-0.15, -0.1) is 0 Å². The summed E-state index contributed by atoms with van der Waals surface area (Å²) >= 11 is 8.54. The van der Waals surface area contributed by atoms with Gasteiger partial charge in [-0.1, -0.05) is 34.7 Å². The van der Waals surface area contributed by atoms with Gasteiger partial charge in [0.25, 0.3) is 11.2 Å². The molecule has 1 aliphatic rings. The molecule has 0 fully saturated rings. The molecule has 0 N–H and O–H groups in total. The maximum Gasteiger partial charge on any atom is 0.338 e. The van der Waals surface area contributed by atoms with Crippen LogP contribution in [-0.2, 0) is 9.53 Å². The van der Waals surface area contributed by atoms with Crippen molar-refractivity contribution in [2.75, 3.05) is 6.61 Å². The molecular weight excluding hydrogens is 562 g/mol. The predicted molar refractivity (Wildman–Crippen MR) is 148 cm³/mol. The van der Waals surface area contributed by atoms with Gasteiger partial charge >= 0.3 is 5.97 Å². The number of halogens is 1. The summed E-state index contributed by atoms with van der Waals surface area (Å²) < 4.78 is 13.0. The zero-order valence-corrected chi connectivity index (χ0v) is 23.0. The first kappa shape index (κ1) is 26.7. The lowest BCUT2D eigenvalue weighted by atomic mass is 9.95. The average Bonchev–Trinajstić information content (AvgIpc) is 3.48. The molecule has 0 saturated heterocycles. The number of allylic oxidation sites excluding steroid dienone is 1. The number of thiazole rings is 1. The number of aromatic nitrogens is 1. The van der Waals surface area contributed by atoms with Crippen LogP contribution in [0.4, 0.5) is 5.69 Å². The Morgan fingerprint density at radius 2 is 1.92 bits per heavy atom. The number of nitro benzene ring substituents is 1. The van der Waals surface area contributed by atoms with Crippen molar-refractivity contribution in [3.05, 3.63) is 118 Å². The van der Waals surface area contributed by atoms with Gasteiger partial charge in [0.15, 0.2) is 9.89 Å². The van der Waals surface area contributed by atoms with E-state index in [-0.39, 0.29) is 23.4 Å². The van der Waals surface area contributed by atoms with E-state index in [9.17, 15) is 19.7 Å². The van der Waals surface area contributed by atoms with E-state index >= 15 is 0 Å². The molecule has 0 bridgehead atoms. The number of nitrogens with zero attached hydrogens (tertiary/aromatic N) is 3. The van der Waals surface area contributed by atoms with E-state index in [2.05, 4.69) is 4.99 Å². The van der Waals surface area contributed by atoms with Gasteiger partial charge in [0.1, 0.15) is 5.76 Å². The van der Waals surface area contributed by atoms with Gasteiger partial charge in [-0.2, -0.15) is 0 Å². The third-order valence-corrected chi connectivity index (χ3v) is 8.01. The lowest BCUT2D eigenvalue weighted by Gasteiger charge is -2.24. The van der Waals surface area contributed by atoms with Crippen LogP contribution in [0.2, 0.25) is 5.02 Å². The second-order valence-corrected chi connectivity index (χ2v) is 10.9. The number of carbonyl (C=O) groups is 1. The molecule has 2 aromatic carbocycles. The third-order valence-electron chi connectivity index (χ3n) is 5.84. The van der Waals surface area contributed by atoms with E-state index in [0.29, 0.717) is 36.5 Å². The van der Waals surface area contributed by atoms with Gasteiger partial charge in [0.2, 0.25) is 0 Å². The molecule has 0 amide bonds. The van der Waals surface area contributed by atoms with Crippen molar-refractivity contribution < 1.29 is 18.9 Å². The first-order valence-electron chi connectivity index (χ1n) is 11.7. The minimum absolute atomic E-state index is 0.102. The molecular formula is C27H20ClN3O6S2. The Bertz CT molecular complexity index is 1790. The Balaban J connectivity index is 1.57. The molecule has 0 unspecified atom stereocenters. The molecule has 1 aliphatic heterocycles. The number of hydrogen-bond donors (Lipinski definition) is 0. The zero-order valence-electron chi connectivity index (χ0n) is 20.6. The maximum atomic E-state index is 13.7. The lowest BCUT2D eigenvalue weighted by Crippen LogP contribution is -2.39. The SMILES string of the molecule is CCOC(=O)C1=C(C)N=c2s/c(=C/c3ccc(Sc4ccc(Cl)cc4)o3)c(=O)n2[C@@H]1c1ccc([N+](=O)[O-])cc1. The van der Waals surface area contributed by atoms with Crippen LogP contribution in [0.5, 0.6) is 0 Å². The van der Waals surface area contributed by atoms with E-state index in [0.717, 1.165) is 16.2 Å². The summed E-state index contributed by atoms with van der Waals surface area (Å²) in [6, 6.07) is 15.8. The van der Waals surface area contributed by atoms with Gasteiger partial charge in [0, 0.05) is 28.1 Å². The zero-order chi connectivity index (χ0) is 27.7.